The van der Waals surface area contributed by atoms with E-state index in [2.05, 4.69) is 122 Å². The second-order valence-corrected chi connectivity index (χ2v) is 9.77. The van der Waals surface area contributed by atoms with Crippen LogP contribution in [-0.2, 0) is 18.0 Å². The summed E-state index contributed by atoms with van der Waals surface area (Å²) in [5.41, 5.74) is 7.59. The maximum absolute atomic E-state index is 5.97. The summed E-state index contributed by atoms with van der Waals surface area (Å²) < 4.78 is 8.51. The number of hydrogen-bond donors (Lipinski definition) is 0. The fourth-order valence-corrected chi connectivity index (χ4v) is 5.41. The van der Waals surface area contributed by atoms with Gasteiger partial charge in [0.2, 0.25) is 0 Å². The molecule has 5 aromatic rings. The normalized spacial score (nSPS) is 13.2. The predicted molar refractivity (Wildman–Crippen MR) is 153 cm³/mol. The second-order valence-electron chi connectivity index (χ2n) is 9.77. The molecule has 0 saturated carbocycles. The van der Waals surface area contributed by atoms with E-state index in [1.54, 1.807) is 0 Å². The molecular formula is C34H35NO. The van der Waals surface area contributed by atoms with Crippen LogP contribution in [0.3, 0.4) is 0 Å². The Morgan fingerprint density at radius 2 is 1.28 bits per heavy atom. The summed E-state index contributed by atoms with van der Waals surface area (Å²) in [6.07, 6.45) is 4.09. The quantitative estimate of drug-likeness (QED) is 0.197. The Kier molecular flexibility index (Phi) is 7.34. The van der Waals surface area contributed by atoms with E-state index in [0.29, 0.717) is 25.2 Å². The van der Waals surface area contributed by atoms with Crippen molar-refractivity contribution in [3.8, 4) is 0 Å². The standard InChI is InChI=1S/C34H35NO/c1-4-26-14-16-27(17-15-26)23-36-24-28-18-20-30(21-19-28)29(5-2)22-25(3)35-33-12-8-6-10-31(33)32-11-7-9-13-34(32)35/h4,6-21,25,29H,1,5,22-24H2,2-3H3. The average Bonchev–Trinajstić information content (AvgIpc) is 3.27. The molecule has 0 radical (unpaired) electrons. The molecule has 0 spiro atoms. The van der Waals surface area contributed by atoms with Crippen molar-refractivity contribution in [1.29, 1.82) is 0 Å². The highest BCUT2D eigenvalue weighted by Gasteiger charge is 2.19. The van der Waals surface area contributed by atoms with Gasteiger partial charge in [-0.3, -0.25) is 0 Å². The van der Waals surface area contributed by atoms with E-state index in [9.17, 15) is 0 Å². The van der Waals surface area contributed by atoms with Crippen molar-refractivity contribution in [3.63, 3.8) is 0 Å². The molecule has 2 unspecified atom stereocenters. The minimum atomic E-state index is 0.398. The zero-order chi connectivity index (χ0) is 24.9. The minimum absolute atomic E-state index is 0.398. The molecule has 0 N–H and O–H groups in total. The van der Waals surface area contributed by atoms with Crippen LogP contribution in [0.4, 0.5) is 0 Å². The predicted octanol–water partition coefficient (Wildman–Crippen LogP) is 9.30. The number of rotatable bonds is 10. The summed E-state index contributed by atoms with van der Waals surface area (Å²) in [4.78, 5) is 0. The lowest BCUT2D eigenvalue weighted by Crippen LogP contribution is -2.10. The topological polar surface area (TPSA) is 14.2 Å². The third-order valence-corrected chi connectivity index (χ3v) is 7.38. The van der Waals surface area contributed by atoms with Crippen molar-refractivity contribution in [1.82, 2.24) is 4.57 Å². The summed E-state index contributed by atoms with van der Waals surface area (Å²) in [6.45, 7) is 9.72. The monoisotopic (exact) mass is 473 g/mol. The van der Waals surface area contributed by atoms with Crippen LogP contribution < -0.4 is 0 Å². The van der Waals surface area contributed by atoms with Gasteiger partial charge < -0.3 is 9.30 Å². The maximum atomic E-state index is 5.97. The van der Waals surface area contributed by atoms with Crippen LogP contribution in [0.5, 0.6) is 0 Å². The SMILES string of the molecule is C=Cc1ccc(COCc2ccc(C(CC)CC(C)n3c4ccccc4c4ccccc43)cc2)cc1. The first-order valence-electron chi connectivity index (χ1n) is 13.0. The summed E-state index contributed by atoms with van der Waals surface area (Å²) in [6, 6.07) is 35.4. The van der Waals surface area contributed by atoms with Gasteiger partial charge in [-0.05, 0) is 60.1 Å². The summed E-state index contributed by atoms with van der Waals surface area (Å²) >= 11 is 0. The summed E-state index contributed by atoms with van der Waals surface area (Å²) in [5, 5.41) is 2.68. The molecule has 0 aliphatic rings. The van der Waals surface area contributed by atoms with Gasteiger partial charge in [0.15, 0.2) is 0 Å². The van der Waals surface area contributed by atoms with Gasteiger partial charge in [0, 0.05) is 27.8 Å². The molecule has 0 aliphatic heterocycles. The molecule has 1 aromatic heterocycles. The Hall–Kier alpha value is -3.62. The zero-order valence-electron chi connectivity index (χ0n) is 21.4. The molecule has 0 bridgehead atoms. The third-order valence-electron chi connectivity index (χ3n) is 7.38. The molecule has 0 fully saturated rings. The van der Waals surface area contributed by atoms with Gasteiger partial charge in [-0.2, -0.15) is 0 Å². The Labute approximate surface area is 214 Å². The lowest BCUT2D eigenvalue weighted by molar-refractivity contribution is 0.107. The van der Waals surface area contributed by atoms with E-state index in [1.807, 2.05) is 6.08 Å². The molecule has 0 saturated heterocycles. The number of nitrogens with zero attached hydrogens (tertiary/aromatic N) is 1. The van der Waals surface area contributed by atoms with Crippen molar-refractivity contribution in [3.05, 3.63) is 126 Å². The number of aromatic nitrogens is 1. The van der Waals surface area contributed by atoms with Crippen LogP contribution in [0.25, 0.3) is 27.9 Å². The Morgan fingerprint density at radius 3 is 1.81 bits per heavy atom. The minimum Gasteiger partial charge on any atom is -0.372 e. The lowest BCUT2D eigenvalue weighted by atomic mass is 9.89. The van der Waals surface area contributed by atoms with Crippen LogP contribution in [0.2, 0.25) is 0 Å². The molecular weight excluding hydrogens is 438 g/mol. The van der Waals surface area contributed by atoms with Gasteiger partial charge in [0.05, 0.1) is 13.2 Å². The first-order chi connectivity index (χ1) is 17.7. The molecule has 0 amide bonds. The van der Waals surface area contributed by atoms with Crippen LogP contribution in [0.15, 0.2) is 104 Å². The fraction of sp³-hybridized carbons (Fsp3) is 0.235. The molecule has 2 nitrogen and oxygen atoms in total. The van der Waals surface area contributed by atoms with Crippen molar-refractivity contribution in [2.75, 3.05) is 0 Å². The van der Waals surface area contributed by atoms with Gasteiger partial charge in [-0.15, -0.1) is 0 Å². The van der Waals surface area contributed by atoms with E-state index in [0.717, 1.165) is 18.4 Å². The number of benzene rings is 4. The lowest BCUT2D eigenvalue weighted by Gasteiger charge is -2.23. The van der Waals surface area contributed by atoms with E-state index in [1.165, 1.54) is 38.5 Å². The van der Waals surface area contributed by atoms with Crippen molar-refractivity contribution in [2.24, 2.45) is 0 Å². The van der Waals surface area contributed by atoms with E-state index < -0.39 is 0 Å². The van der Waals surface area contributed by atoms with E-state index in [-0.39, 0.29) is 0 Å². The maximum Gasteiger partial charge on any atom is 0.0721 e. The third kappa shape index (κ3) is 5.01. The van der Waals surface area contributed by atoms with Crippen molar-refractivity contribution in [2.45, 2.75) is 51.9 Å². The van der Waals surface area contributed by atoms with E-state index in [4.69, 9.17) is 4.74 Å². The van der Waals surface area contributed by atoms with Gasteiger partial charge in [-0.25, -0.2) is 0 Å². The molecule has 4 aromatic carbocycles. The molecule has 1 heterocycles. The molecule has 2 heteroatoms. The number of para-hydroxylation sites is 2. The van der Waals surface area contributed by atoms with Gasteiger partial charge >= 0.3 is 0 Å². The van der Waals surface area contributed by atoms with Crippen molar-refractivity contribution >= 4 is 27.9 Å². The number of hydrogen-bond acceptors (Lipinski definition) is 1. The number of fused-ring (bicyclic) bond motifs is 3. The van der Waals surface area contributed by atoms with Crippen LogP contribution >= 0.6 is 0 Å². The summed E-state index contributed by atoms with van der Waals surface area (Å²) in [7, 11) is 0. The summed E-state index contributed by atoms with van der Waals surface area (Å²) in [5.74, 6) is 0.512. The average molecular weight is 474 g/mol. The largest absolute Gasteiger partial charge is 0.372 e. The van der Waals surface area contributed by atoms with Crippen LogP contribution in [0, 0.1) is 0 Å². The van der Waals surface area contributed by atoms with Crippen LogP contribution in [0.1, 0.15) is 60.9 Å². The van der Waals surface area contributed by atoms with E-state index >= 15 is 0 Å². The smallest absolute Gasteiger partial charge is 0.0721 e. The molecule has 36 heavy (non-hydrogen) atoms. The van der Waals surface area contributed by atoms with Gasteiger partial charge in [-0.1, -0.05) is 105 Å². The zero-order valence-corrected chi connectivity index (χ0v) is 21.4. The highest BCUT2D eigenvalue weighted by Crippen LogP contribution is 2.36. The highest BCUT2D eigenvalue weighted by atomic mass is 16.5. The molecule has 182 valence electrons. The van der Waals surface area contributed by atoms with Crippen molar-refractivity contribution < 1.29 is 4.74 Å². The highest BCUT2D eigenvalue weighted by molar-refractivity contribution is 6.08. The second kappa shape index (κ2) is 11.0. The van der Waals surface area contributed by atoms with Gasteiger partial charge in [0.1, 0.15) is 0 Å². The Morgan fingerprint density at radius 1 is 0.750 bits per heavy atom. The molecule has 5 rings (SSSR count). The molecule has 0 aliphatic carbocycles. The fourth-order valence-electron chi connectivity index (χ4n) is 5.41. The Balaban J connectivity index is 1.26. The Bertz CT molecular complexity index is 1390. The van der Waals surface area contributed by atoms with Gasteiger partial charge in [0.25, 0.3) is 0 Å². The van der Waals surface area contributed by atoms with Crippen LogP contribution in [-0.4, -0.2) is 4.57 Å². The molecule has 2 atom stereocenters. The first kappa shape index (κ1) is 24.1. The first-order valence-corrected chi connectivity index (χ1v) is 13.0. The number of ether oxygens (including phenoxy) is 1.